The molecular formula is C11H14FNO2S. The summed E-state index contributed by atoms with van der Waals surface area (Å²) >= 11 is 1.65. The van der Waals surface area contributed by atoms with Crippen molar-refractivity contribution in [2.75, 3.05) is 6.54 Å². The lowest BCUT2D eigenvalue weighted by Gasteiger charge is -2.07. The maximum Gasteiger partial charge on any atom is 0.367 e. The molecule has 5 heteroatoms. The van der Waals surface area contributed by atoms with Gasteiger partial charge in [0.05, 0.1) is 0 Å². The molecule has 88 valence electrons. The van der Waals surface area contributed by atoms with Crippen LogP contribution in [0.5, 0.6) is 0 Å². The smallest absolute Gasteiger partial charge is 0.367 e. The normalized spacial score (nSPS) is 11.2. The number of halogens is 1. The van der Waals surface area contributed by atoms with Crippen molar-refractivity contribution < 1.29 is 14.3 Å². The van der Waals surface area contributed by atoms with Crippen molar-refractivity contribution in [3.8, 4) is 0 Å². The summed E-state index contributed by atoms with van der Waals surface area (Å²) in [6, 6.07) is 3.99. The Bertz CT molecular complexity index is 349. The van der Waals surface area contributed by atoms with Crippen LogP contribution >= 0.6 is 11.3 Å². The fourth-order valence-electron chi connectivity index (χ4n) is 1.27. The summed E-state index contributed by atoms with van der Waals surface area (Å²) in [4.78, 5) is 14.9. The van der Waals surface area contributed by atoms with Gasteiger partial charge in [-0.3, -0.25) is 4.94 Å². The molecule has 0 radical (unpaired) electrons. The van der Waals surface area contributed by atoms with E-state index in [4.69, 9.17) is 0 Å². The summed E-state index contributed by atoms with van der Waals surface area (Å²) in [5.41, 5.74) is 0.912. The van der Waals surface area contributed by atoms with E-state index >= 15 is 0 Å². The molecular weight excluding hydrogens is 229 g/mol. The van der Waals surface area contributed by atoms with Gasteiger partial charge in [-0.2, -0.15) is 0 Å². The zero-order valence-electron chi connectivity index (χ0n) is 9.03. The molecule has 0 saturated heterocycles. The van der Waals surface area contributed by atoms with Crippen LogP contribution in [0.1, 0.15) is 18.2 Å². The van der Waals surface area contributed by atoms with Gasteiger partial charge in [-0.05, 0) is 17.9 Å². The van der Waals surface area contributed by atoms with Crippen molar-refractivity contribution in [3.63, 3.8) is 0 Å². The number of carbonyl (C=O) groups excluding carboxylic acids is 1. The third-order valence-corrected chi connectivity index (χ3v) is 2.82. The molecule has 0 spiro atoms. The fourth-order valence-corrected chi connectivity index (χ4v) is 1.99. The van der Waals surface area contributed by atoms with E-state index in [1.54, 1.807) is 11.3 Å². The Kier molecular flexibility index (Phi) is 5.56. The molecule has 0 aromatic carbocycles. The second-order valence-electron chi connectivity index (χ2n) is 3.20. The molecule has 0 amide bonds. The molecule has 0 aliphatic rings. The molecule has 0 aliphatic heterocycles. The number of rotatable bonds is 6. The Morgan fingerprint density at radius 2 is 2.50 bits per heavy atom. The molecule has 1 heterocycles. The standard InChI is InChI=1S/C11H14FNO2S/c1-2-4-9(13-8-11(14)15-12)7-10-5-3-6-16-10/h3-6,13H,2,7-8H2,1H3/b9-4+. The molecule has 1 aromatic rings. The molecule has 0 aliphatic carbocycles. The van der Waals surface area contributed by atoms with Crippen LogP contribution < -0.4 is 5.32 Å². The van der Waals surface area contributed by atoms with E-state index in [1.807, 2.05) is 30.5 Å². The van der Waals surface area contributed by atoms with Crippen molar-refractivity contribution in [2.45, 2.75) is 19.8 Å². The van der Waals surface area contributed by atoms with E-state index in [-0.39, 0.29) is 6.54 Å². The van der Waals surface area contributed by atoms with E-state index < -0.39 is 5.97 Å². The van der Waals surface area contributed by atoms with Crippen molar-refractivity contribution >= 4 is 17.3 Å². The van der Waals surface area contributed by atoms with Gasteiger partial charge in [-0.1, -0.05) is 19.1 Å². The Hall–Kier alpha value is -1.36. The lowest BCUT2D eigenvalue weighted by atomic mass is 10.2. The maximum atomic E-state index is 11.5. The van der Waals surface area contributed by atoms with Gasteiger partial charge in [-0.15, -0.1) is 11.3 Å². The molecule has 0 atom stereocenters. The third kappa shape index (κ3) is 4.44. The van der Waals surface area contributed by atoms with Gasteiger partial charge in [-0.25, -0.2) is 4.79 Å². The van der Waals surface area contributed by atoms with Crippen LogP contribution in [0.3, 0.4) is 0 Å². The summed E-state index contributed by atoms with van der Waals surface area (Å²) in [5.74, 6) is -0.909. The van der Waals surface area contributed by atoms with Crippen LogP contribution in [-0.4, -0.2) is 12.5 Å². The van der Waals surface area contributed by atoms with Crippen LogP contribution in [0.25, 0.3) is 0 Å². The first kappa shape index (κ1) is 12.7. The first-order valence-corrected chi connectivity index (χ1v) is 5.91. The highest BCUT2D eigenvalue weighted by atomic mass is 32.1. The Balaban J connectivity index is 2.48. The van der Waals surface area contributed by atoms with Crippen LogP contribution in [-0.2, 0) is 16.2 Å². The number of allylic oxidation sites excluding steroid dienone is 2. The average Bonchev–Trinajstić information content (AvgIpc) is 2.78. The van der Waals surface area contributed by atoms with E-state index in [1.165, 1.54) is 4.88 Å². The van der Waals surface area contributed by atoms with Gasteiger partial charge in [0.1, 0.15) is 6.54 Å². The third-order valence-electron chi connectivity index (χ3n) is 1.94. The maximum absolute atomic E-state index is 11.5. The molecule has 0 unspecified atom stereocenters. The second kappa shape index (κ2) is 7.00. The zero-order chi connectivity index (χ0) is 11.8. The first-order chi connectivity index (χ1) is 7.76. The van der Waals surface area contributed by atoms with Gasteiger partial charge < -0.3 is 5.32 Å². The van der Waals surface area contributed by atoms with Crippen molar-refractivity contribution in [1.29, 1.82) is 0 Å². The van der Waals surface area contributed by atoms with Crippen molar-refractivity contribution in [3.05, 3.63) is 34.2 Å². The minimum Gasteiger partial charge on any atom is -0.378 e. The summed E-state index contributed by atoms with van der Waals surface area (Å²) in [5, 5.41) is 4.86. The highest BCUT2D eigenvalue weighted by molar-refractivity contribution is 7.09. The summed E-state index contributed by atoms with van der Waals surface area (Å²) < 4.78 is 11.5. The molecule has 1 N–H and O–H groups in total. The van der Waals surface area contributed by atoms with Crippen LogP contribution in [0.2, 0.25) is 0 Å². The monoisotopic (exact) mass is 243 g/mol. The molecule has 0 fully saturated rings. The molecule has 1 aromatic heterocycles. The zero-order valence-corrected chi connectivity index (χ0v) is 9.85. The Morgan fingerprint density at radius 1 is 1.69 bits per heavy atom. The predicted octanol–water partition coefficient (Wildman–Crippen LogP) is 2.60. The van der Waals surface area contributed by atoms with Gasteiger partial charge >= 0.3 is 5.97 Å². The van der Waals surface area contributed by atoms with Gasteiger partial charge in [0, 0.05) is 21.5 Å². The number of carbonyl (C=O) groups is 1. The Labute approximate surface area is 97.8 Å². The number of nitrogens with one attached hydrogen (secondary N) is 1. The van der Waals surface area contributed by atoms with Crippen LogP contribution in [0, 0.1) is 0 Å². The summed E-state index contributed by atoms with van der Waals surface area (Å²) in [6.45, 7) is 1.86. The Morgan fingerprint density at radius 3 is 3.06 bits per heavy atom. The van der Waals surface area contributed by atoms with Gasteiger partial charge in [0.2, 0.25) is 0 Å². The second-order valence-corrected chi connectivity index (χ2v) is 4.23. The van der Waals surface area contributed by atoms with E-state index in [9.17, 15) is 9.32 Å². The molecule has 0 bridgehead atoms. The SMILES string of the molecule is CC/C=C(\Cc1cccs1)NCC(=O)OF. The molecule has 1 rings (SSSR count). The highest BCUT2D eigenvalue weighted by Crippen LogP contribution is 2.13. The van der Waals surface area contributed by atoms with E-state index in [0.717, 1.165) is 18.5 Å². The first-order valence-electron chi connectivity index (χ1n) is 5.03. The van der Waals surface area contributed by atoms with Crippen molar-refractivity contribution in [1.82, 2.24) is 5.32 Å². The summed E-state index contributed by atoms with van der Waals surface area (Å²) in [7, 11) is 0. The molecule has 16 heavy (non-hydrogen) atoms. The van der Waals surface area contributed by atoms with E-state index in [0.29, 0.717) is 0 Å². The largest absolute Gasteiger partial charge is 0.378 e. The van der Waals surface area contributed by atoms with Gasteiger partial charge in [0.25, 0.3) is 0 Å². The quantitative estimate of drug-likeness (QED) is 0.834. The highest BCUT2D eigenvalue weighted by Gasteiger charge is 2.05. The fraction of sp³-hybridized carbons (Fsp3) is 0.364. The molecule has 0 saturated carbocycles. The van der Waals surface area contributed by atoms with E-state index in [2.05, 4.69) is 10.3 Å². The minimum atomic E-state index is -0.909. The van der Waals surface area contributed by atoms with Crippen molar-refractivity contribution in [2.24, 2.45) is 0 Å². The lowest BCUT2D eigenvalue weighted by molar-refractivity contribution is -0.182. The number of hydrogen-bond donors (Lipinski definition) is 1. The number of hydrogen-bond acceptors (Lipinski definition) is 4. The van der Waals surface area contributed by atoms with Crippen LogP contribution in [0.4, 0.5) is 4.53 Å². The average molecular weight is 243 g/mol. The summed E-state index contributed by atoms with van der Waals surface area (Å²) in [6.07, 6.45) is 3.56. The molecule has 3 nitrogen and oxygen atoms in total. The van der Waals surface area contributed by atoms with Crippen LogP contribution in [0.15, 0.2) is 29.3 Å². The minimum absolute atomic E-state index is 0.145. The topological polar surface area (TPSA) is 38.3 Å². The van der Waals surface area contributed by atoms with Gasteiger partial charge in [0.15, 0.2) is 0 Å². The number of thiophene rings is 1. The lowest BCUT2D eigenvalue weighted by Crippen LogP contribution is -2.23. The predicted molar refractivity (Wildman–Crippen MR) is 61.6 cm³/mol.